The van der Waals surface area contributed by atoms with Gasteiger partial charge >= 0.3 is 23.9 Å². The van der Waals surface area contributed by atoms with Crippen molar-refractivity contribution >= 4 is 93.3 Å². The van der Waals surface area contributed by atoms with Gasteiger partial charge in [0.05, 0.1) is 45.3 Å². The molecule has 2 spiro atoms. The number of carbonyl (C=O) groups is 10. The number of benzene rings is 2. The summed E-state index contributed by atoms with van der Waals surface area (Å²) in [5, 5.41) is 16.1. The summed E-state index contributed by atoms with van der Waals surface area (Å²) in [6, 6.07) is 15.4. The van der Waals surface area contributed by atoms with Gasteiger partial charge in [0.25, 0.3) is 23.6 Å². The van der Waals surface area contributed by atoms with Gasteiger partial charge in [0.15, 0.2) is 12.2 Å². The number of hydrazine groups is 2. The quantitative estimate of drug-likeness (QED) is 0.0750. The Morgan fingerprint density at radius 1 is 0.526 bits per heavy atom. The first-order chi connectivity index (χ1) is 46.3. The first kappa shape index (κ1) is 72.6. The average Bonchev–Trinajstić information content (AvgIpc) is 1.24. The lowest BCUT2D eigenvalue weighted by Crippen LogP contribution is -2.61. The van der Waals surface area contributed by atoms with E-state index in [0.717, 1.165) is 32.9 Å². The lowest BCUT2D eigenvalue weighted by Gasteiger charge is -2.37. The molecule has 10 rings (SSSR count). The number of cyclic esters (lactones) is 2. The Morgan fingerprint density at radius 3 is 1.29 bits per heavy atom. The molecule has 8 atom stereocenters. The number of nitrogens with zero attached hydrogens (tertiary/aromatic N) is 4. The van der Waals surface area contributed by atoms with Crippen LogP contribution in [0.5, 0.6) is 0 Å². The Labute approximate surface area is 567 Å². The lowest BCUT2D eigenvalue weighted by molar-refractivity contribution is -0.170. The number of nitrogens with one attached hydrogen (secondary N) is 6. The van der Waals surface area contributed by atoms with E-state index in [1.165, 1.54) is 10.0 Å². The normalized spacial score (nSPS) is 29.5. The molecule has 24 heteroatoms. The van der Waals surface area contributed by atoms with Gasteiger partial charge < -0.3 is 40.2 Å². The molecule has 4 fully saturated rings. The van der Waals surface area contributed by atoms with E-state index in [0.29, 0.717) is 114 Å². The van der Waals surface area contributed by atoms with Crippen molar-refractivity contribution in [2.45, 2.75) is 226 Å². The number of hydrogen-bond donors (Lipinski definition) is 6. The molecule has 6 aliphatic rings. The molecule has 10 bridgehead atoms. The van der Waals surface area contributed by atoms with Crippen LogP contribution in [0, 0.1) is 22.7 Å². The Kier molecular flexibility index (Phi) is 24.1. The molecule has 6 amide bonds. The van der Waals surface area contributed by atoms with Crippen molar-refractivity contribution < 1.29 is 66.9 Å². The summed E-state index contributed by atoms with van der Waals surface area (Å²) >= 11 is 0. The molecule has 2 saturated carbocycles. The number of rotatable bonds is 7. The van der Waals surface area contributed by atoms with Crippen molar-refractivity contribution in [3.05, 3.63) is 95.3 Å². The fraction of sp³-hybridized carbons (Fsp3) is 0.562. The van der Waals surface area contributed by atoms with Gasteiger partial charge in [0.2, 0.25) is 11.8 Å². The highest BCUT2D eigenvalue weighted by Crippen LogP contribution is 2.43. The maximum absolute atomic E-state index is 14.2. The van der Waals surface area contributed by atoms with Crippen LogP contribution in [-0.2, 0) is 66.9 Å². The Morgan fingerprint density at radius 2 is 0.907 bits per heavy atom. The molecule has 6 heterocycles. The van der Waals surface area contributed by atoms with E-state index in [1.54, 1.807) is 48.5 Å². The summed E-state index contributed by atoms with van der Waals surface area (Å²) in [5.41, 5.74) is 8.39. The van der Waals surface area contributed by atoms with E-state index in [2.05, 4.69) is 32.1 Å². The average molecular weight is 1340 g/mol. The molecule has 0 unspecified atom stereocenters. The highest BCUT2D eigenvalue weighted by Gasteiger charge is 2.47. The maximum Gasteiger partial charge on any atom is 0.316 e. The van der Waals surface area contributed by atoms with Gasteiger partial charge in [0.1, 0.15) is 36.4 Å². The zero-order valence-corrected chi connectivity index (χ0v) is 57.5. The minimum atomic E-state index is -1.15. The second kappa shape index (κ2) is 32.1. The number of aromatic nitrogens is 2. The number of esters is 4. The molecule has 2 aromatic heterocycles. The van der Waals surface area contributed by atoms with Crippen LogP contribution in [0.1, 0.15) is 200 Å². The van der Waals surface area contributed by atoms with Crippen molar-refractivity contribution in [2.75, 3.05) is 13.1 Å². The molecule has 6 N–H and O–H groups in total. The van der Waals surface area contributed by atoms with Gasteiger partial charge in [-0.25, -0.2) is 10.9 Å². The highest BCUT2D eigenvalue weighted by atomic mass is 16.6. The molecule has 522 valence electrons. The van der Waals surface area contributed by atoms with Crippen molar-refractivity contribution in [3.63, 3.8) is 0 Å². The predicted octanol–water partition coefficient (Wildman–Crippen LogP) is 8.17. The summed E-state index contributed by atoms with van der Waals surface area (Å²) in [6.07, 6.45) is 11.4. The van der Waals surface area contributed by atoms with Crippen molar-refractivity contribution in [1.82, 2.24) is 52.1 Å². The van der Waals surface area contributed by atoms with Crippen molar-refractivity contribution in [3.8, 4) is 0 Å². The number of hydrogen-bond acceptors (Lipinski definition) is 18. The number of ether oxygens (including phenoxy) is 4. The summed E-state index contributed by atoms with van der Waals surface area (Å²) in [5.74, 6) is -4.85. The monoisotopic (exact) mass is 1340 g/mol. The molecular formula is C73H96N10O14. The third-order valence-corrected chi connectivity index (χ3v) is 19.3. The van der Waals surface area contributed by atoms with E-state index in [1.807, 2.05) is 106 Å². The van der Waals surface area contributed by atoms with Crippen LogP contribution in [0.15, 0.2) is 72.8 Å². The molecule has 2 saturated heterocycles. The van der Waals surface area contributed by atoms with Gasteiger partial charge in [0, 0.05) is 36.7 Å². The standard InChI is InChI=1S/C37H49N5O7.C36H47N5O7/c1-6-8-31(43)48-27-15-18-37(19-16-27)17-14-25-10-11-26-12-13-28(40-30(26)21-25)23(4)38-33(44)29-9-7-20-42(41-29)35(46)24(5)39-34(45)32(22(2)3)49-36(37)47;1-6-30(42)47-26-14-17-36(18-15-26)16-13-24-9-10-25-11-12-27(39-29(25)20-24)22(4)37-32(43)28-8-7-19-41(40-28)34(45)23(5)38-33(44)31(21(2)3)48-35(36)46/h10-14,17,21-24,27,29,32,41H,6-9,15-16,18-20H2,1-5H3,(H,38,44)(H,39,45);9-13,16,20-23,26,28,31,40H,6-8,14-15,17-19H2,1-5H3,(H,37,43)(H,38,44)/b17-14+;16-13+/t23-,24+,27?,29+,32+,37?;22-,23+,26?,28+,31+,36?/m11/s1. The van der Waals surface area contributed by atoms with Crippen LogP contribution in [-0.4, -0.2) is 141 Å². The van der Waals surface area contributed by atoms with Gasteiger partial charge in [-0.1, -0.05) is 102 Å². The summed E-state index contributed by atoms with van der Waals surface area (Å²) in [7, 11) is 0. The first-order valence-corrected chi connectivity index (χ1v) is 34.7. The van der Waals surface area contributed by atoms with E-state index < -0.39 is 94.9 Å². The number of amides is 6. The summed E-state index contributed by atoms with van der Waals surface area (Å²) in [6.45, 7) is 18.4. The van der Waals surface area contributed by atoms with E-state index >= 15 is 0 Å². The van der Waals surface area contributed by atoms with Gasteiger partial charge in [-0.2, -0.15) is 0 Å². The Balaban J connectivity index is 0.000000227. The van der Waals surface area contributed by atoms with Gasteiger partial charge in [-0.15, -0.1) is 0 Å². The Bertz CT molecular complexity index is 3650. The largest absolute Gasteiger partial charge is 0.462 e. The second-order valence-corrected chi connectivity index (χ2v) is 27.5. The zero-order chi connectivity index (χ0) is 69.9. The van der Waals surface area contributed by atoms with E-state index in [-0.39, 0.29) is 54.2 Å². The molecule has 2 aliphatic carbocycles. The van der Waals surface area contributed by atoms with Crippen LogP contribution in [0.4, 0.5) is 0 Å². The predicted molar refractivity (Wildman–Crippen MR) is 362 cm³/mol. The highest BCUT2D eigenvalue weighted by molar-refractivity contribution is 5.94. The minimum absolute atomic E-state index is 0.249. The fourth-order valence-electron chi connectivity index (χ4n) is 13.2. The lowest BCUT2D eigenvalue weighted by atomic mass is 9.72. The molecule has 4 aromatic rings. The topological polar surface area (TPSA) is 312 Å². The van der Waals surface area contributed by atoms with Crippen LogP contribution >= 0.6 is 0 Å². The number of pyridine rings is 2. The minimum Gasteiger partial charge on any atom is -0.462 e. The smallest absolute Gasteiger partial charge is 0.316 e. The second-order valence-electron chi connectivity index (χ2n) is 27.5. The van der Waals surface area contributed by atoms with Crippen LogP contribution in [0.2, 0.25) is 0 Å². The maximum atomic E-state index is 14.2. The fourth-order valence-corrected chi connectivity index (χ4v) is 13.2. The van der Waals surface area contributed by atoms with Crippen LogP contribution in [0.25, 0.3) is 34.0 Å². The van der Waals surface area contributed by atoms with Crippen LogP contribution < -0.4 is 32.1 Å². The number of fused-ring (bicyclic) bond motifs is 8. The summed E-state index contributed by atoms with van der Waals surface area (Å²) in [4.78, 5) is 143. The van der Waals surface area contributed by atoms with Gasteiger partial charge in [-0.05, 0) is 158 Å². The molecule has 4 aliphatic heterocycles. The molecule has 97 heavy (non-hydrogen) atoms. The molecule has 2 aromatic carbocycles. The summed E-state index contributed by atoms with van der Waals surface area (Å²) < 4.78 is 23.3. The van der Waals surface area contributed by atoms with E-state index in [4.69, 9.17) is 28.9 Å². The van der Waals surface area contributed by atoms with Crippen molar-refractivity contribution in [2.24, 2.45) is 22.7 Å². The van der Waals surface area contributed by atoms with Crippen LogP contribution in [0.3, 0.4) is 0 Å². The SMILES string of the molecule is CCC(=O)OC1CCC2(/C=C/c3ccc4ccc(nc4c3)[C@@H](C)NC(=O)[C@@H]3CCCN(N3)C(=O)[C@H](C)NC(=O)[C@H](C(C)C)OC2=O)CC1.CCCC(=O)OC1CCC2(/C=C/c3ccc4ccc(nc4c3)[C@@H](C)NC(=O)[C@@H]3CCCN(N3)C(=O)[C@H](C)NC(=O)[C@H](C(C)C)OC2=O)CC1. The Hall–Kier alpha value is -8.64. The molecule has 24 nitrogen and oxygen atoms in total. The third kappa shape index (κ3) is 17.9. The van der Waals surface area contributed by atoms with Gasteiger partial charge in [-0.3, -0.25) is 67.9 Å². The van der Waals surface area contributed by atoms with E-state index in [9.17, 15) is 47.9 Å². The molecular weight excluding hydrogens is 1240 g/mol. The van der Waals surface area contributed by atoms with Crippen molar-refractivity contribution in [1.29, 1.82) is 0 Å². The third-order valence-electron chi connectivity index (χ3n) is 19.3. The molecule has 0 radical (unpaired) electrons. The first-order valence-electron chi connectivity index (χ1n) is 34.7. The zero-order valence-electron chi connectivity index (χ0n) is 57.5. The number of carbonyl (C=O) groups excluding carboxylic acids is 10.